The van der Waals surface area contributed by atoms with Crippen LogP contribution in [0.5, 0.6) is 5.75 Å². The molecule has 3 rings (SSSR count). The number of amides is 3. The molecule has 2 N–H and O–H groups in total. The Labute approximate surface area is 180 Å². The van der Waals surface area contributed by atoms with Gasteiger partial charge in [-0.2, -0.15) is 0 Å². The Kier molecular flexibility index (Phi) is 7.68. The lowest BCUT2D eigenvalue weighted by Crippen LogP contribution is -2.48. The molecule has 2 aromatic rings. The molecule has 1 aliphatic rings. The summed E-state index contributed by atoms with van der Waals surface area (Å²) in [6.45, 7) is 1.32. The lowest BCUT2D eigenvalue weighted by Gasteiger charge is -2.31. The number of nitrogens with zero attached hydrogens (tertiary/aromatic N) is 1. The molecule has 158 valence electrons. The van der Waals surface area contributed by atoms with E-state index in [4.69, 9.17) is 16.3 Å². The molecule has 0 aliphatic carbocycles. The summed E-state index contributed by atoms with van der Waals surface area (Å²) >= 11 is 5.98. The first-order chi connectivity index (χ1) is 14.5. The summed E-state index contributed by atoms with van der Waals surface area (Å²) in [7, 11) is 0. The van der Waals surface area contributed by atoms with Crippen LogP contribution in [0.15, 0.2) is 54.6 Å². The lowest BCUT2D eigenvalue weighted by atomic mass is 9.96. The van der Waals surface area contributed by atoms with Gasteiger partial charge < -0.3 is 9.64 Å². The van der Waals surface area contributed by atoms with Gasteiger partial charge in [0.15, 0.2) is 0 Å². The Bertz CT molecular complexity index is 883. The number of hydrogen-bond donors (Lipinski definition) is 2. The number of hydrazine groups is 1. The maximum atomic E-state index is 12.3. The Balaban J connectivity index is 1.37. The number of nitrogens with one attached hydrogen (secondary N) is 2. The summed E-state index contributed by atoms with van der Waals surface area (Å²) < 4.78 is 5.56. The number of ether oxygens (including phenoxy) is 1. The van der Waals surface area contributed by atoms with Crippen molar-refractivity contribution in [3.8, 4) is 5.75 Å². The normalized spacial score (nSPS) is 14.1. The second-order valence-electron chi connectivity index (χ2n) is 6.99. The van der Waals surface area contributed by atoms with Crippen molar-refractivity contribution < 1.29 is 19.1 Å². The van der Waals surface area contributed by atoms with E-state index >= 15 is 0 Å². The maximum Gasteiger partial charge on any atom is 0.271 e. The van der Waals surface area contributed by atoms with Gasteiger partial charge in [0.2, 0.25) is 11.8 Å². The largest absolute Gasteiger partial charge is 0.493 e. The van der Waals surface area contributed by atoms with Gasteiger partial charge in [-0.25, -0.2) is 0 Å². The third kappa shape index (κ3) is 5.97. The Morgan fingerprint density at radius 1 is 0.967 bits per heavy atom. The molecule has 7 nitrogen and oxygen atoms in total. The molecule has 0 atom stereocenters. The zero-order valence-electron chi connectivity index (χ0n) is 16.5. The molecular weight excluding hydrogens is 406 g/mol. The SMILES string of the molecule is O=C(NNC(=O)C1CCN(C(=O)CCOc2ccccc2)CC1)c1ccccc1Cl. The summed E-state index contributed by atoms with van der Waals surface area (Å²) in [5.41, 5.74) is 5.14. The van der Waals surface area contributed by atoms with Gasteiger partial charge in [-0.3, -0.25) is 25.2 Å². The van der Waals surface area contributed by atoms with E-state index in [1.54, 1.807) is 29.2 Å². The van der Waals surface area contributed by atoms with Crippen molar-refractivity contribution in [2.45, 2.75) is 19.3 Å². The van der Waals surface area contributed by atoms with E-state index < -0.39 is 5.91 Å². The zero-order chi connectivity index (χ0) is 21.3. The maximum absolute atomic E-state index is 12.3. The summed E-state index contributed by atoms with van der Waals surface area (Å²) in [4.78, 5) is 38.6. The van der Waals surface area contributed by atoms with Crippen molar-refractivity contribution in [3.05, 3.63) is 65.2 Å². The molecule has 0 unspecified atom stereocenters. The fraction of sp³-hybridized carbons (Fsp3) is 0.318. The predicted octanol–water partition coefficient (Wildman–Crippen LogP) is 2.81. The highest BCUT2D eigenvalue weighted by molar-refractivity contribution is 6.33. The molecule has 0 radical (unpaired) electrons. The Morgan fingerprint density at radius 2 is 1.63 bits per heavy atom. The first-order valence-electron chi connectivity index (χ1n) is 9.85. The number of rotatable bonds is 6. The van der Waals surface area contributed by atoms with Gasteiger partial charge in [-0.1, -0.05) is 41.9 Å². The van der Waals surface area contributed by atoms with E-state index in [9.17, 15) is 14.4 Å². The average Bonchev–Trinajstić information content (AvgIpc) is 2.78. The summed E-state index contributed by atoms with van der Waals surface area (Å²) in [5, 5.41) is 0.312. The highest BCUT2D eigenvalue weighted by Crippen LogP contribution is 2.18. The standard InChI is InChI=1S/C22H24ClN3O4/c23-19-9-5-4-8-18(19)22(29)25-24-21(28)16-10-13-26(14-11-16)20(27)12-15-30-17-6-2-1-3-7-17/h1-9,16H,10-15H2,(H,24,28)(H,25,29). The van der Waals surface area contributed by atoms with Gasteiger partial charge in [0.1, 0.15) is 5.75 Å². The van der Waals surface area contributed by atoms with Crippen LogP contribution in [0.4, 0.5) is 0 Å². The van der Waals surface area contributed by atoms with Crippen molar-refractivity contribution in [2.24, 2.45) is 5.92 Å². The molecule has 2 aromatic carbocycles. The smallest absolute Gasteiger partial charge is 0.271 e. The van der Waals surface area contributed by atoms with E-state index in [1.165, 1.54) is 0 Å². The lowest BCUT2D eigenvalue weighted by molar-refractivity contribution is -0.136. The van der Waals surface area contributed by atoms with Gasteiger partial charge in [0, 0.05) is 19.0 Å². The summed E-state index contributed by atoms with van der Waals surface area (Å²) in [6.07, 6.45) is 1.37. The topological polar surface area (TPSA) is 87.7 Å². The molecule has 1 fully saturated rings. The summed E-state index contributed by atoms with van der Waals surface area (Å²) in [6, 6.07) is 16.0. The number of para-hydroxylation sites is 1. The van der Waals surface area contributed by atoms with Crippen molar-refractivity contribution in [2.75, 3.05) is 19.7 Å². The number of halogens is 1. The molecule has 1 heterocycles. The Morgan fingerprint density at radius 3 is 2.33 bits per heavy atom. The minimum Gasteiger partial charge on any atom is -0.493 e. The van der Waals surface area contributed by atoms with E-state index in [1.807, 2.05) is 30.3 Å². The first kappa shape index (κ1) is 21.6. The number of hydrogen-bond acceptors (Lipinski definition) is 4. The third-order valence-corrected chi connectivity index (χ3v) is 5.29. The highest BCUT2D eigenvalue weighted by Gasteiger charge is 2.27. The first-order valence-corrected chi connectivity index (χ1v) is 10.2. The molecule has 1 saturated heterocycles. The second kappa shape index (κ2) is 10.6. The number of piperidine rings is 1. The Hall–Kier alpha value is -3.06. The van der Waals surface area contributed by atoms with Gasteiger partial charge in [0.05, 0.1) is 23.6 Å². The van der Waals surface area contributed by atoms with Gasteiger partial charge >= 0.3 is 0 Å². The van der Waals surface area contributed by atoms with Gasteiger partial charge in [0.25, 0.3) is 5.91 Å². The van der Waals surface area contributed by atoms with Crippen LogP contribution in [0.25, 0.3) is 0 Å². The fourth-order valence-corrected chi connectivity index (χ4v) is 3.48. The molecule has 1 aliphatic heterocycles. The molecule has 0 bridgehead atoms. The molecular formula is C22H24ClN3O4. The molecule has 0 spiro atoms. The molecule has 30 heavy (non-hydrogen) atoms. The van der Waals surface area contributed by atoms with Crippen molar-refractivity contribution in [1.29, 1.82) is 0 Å². The van der Waals surface area contributed by atoms with Crippen molar-refractivity contribution in [1.82, 2.24) is 15.8 Å². The van der Waals surface area contributed by atoms with Crippen LogP contribution in [0.3, 0.4) is 0 Å². The van der Waals surface area contributed by atoms with E-state index in [0.717, 1.165) is 5.75 Å². The van der Waals surface area contributed by atoms with E-state index in [2.05, 4.69) is 10.9 Å². The number of carbonyl (C=O) groups is 3. The van der Waals surface area contributed by atoms with Crippen molar-refractivity contribution >= 4 is 29.3 Å². The van der Waals surface area contributed by atoms with Gasteiger partial charge in [-0.15, -0.1) is 0 Å². The molecule has 0 aromatic heterocycles. The van der Waals surface area contributed by atoms with E-state index in [0.29, 0.717) is 44.0 Å². The third-order valence-electron chi connectivity index (χ3n) is 4.96. The van der Waals surface area contributed by atoms with Crippen LogP contribution in [-0.2, 0) is 9.59 Å². The number of benzene rings is 2. The summed E-state index contributed by atoms with van der Waals surface area (Å²) in [5.74, 6) is -0.257. The molecule has 3 amide bonds. The minimum absolute atomic E-state index is 0.0109. The quantitative estimate of drug-likeness (QED) is 0.691. The van der Waals surface area contributed by atoms with Crippen LogP contribution in [0, 0.1) is 5.92 Å². The zero-order valence-corrected chi connectivity index (χ0v) is 17.2. The second-order valence-corrected chi connectivity index (χ2v) is 7.40. The average molecular weight is 430 g/mol. The van der Waals surface area contributed by atoms with Crippen molar-refractivity contribution in [3.63, 3.8) is 0 Å². The molecule has 8 heteroatoms. The fourth-order valence-electron chi connectivity index (χ4n) is 3.26. The monoisotopic (exact) mass is 429 g/mol. The van der Waals surface area contributed by atoms with E-state index in [-0.39, 0.29) is 23.3 Å². The molecule has 0 saturated carbocycles. The number of likely N-dealkylation sites (tertiary alicyclic amines) is 1. The van der Waals surface area contributed by atoms with Crippen LogP contribution in [0.1, 0.15) is 29.6 Å². The van der Waals surface area contributed by atoms with Crippen LogP contribution in [-0.4, -0.2) is 42.3 Å². The van der Waals surface area contributed by atoms with Gasteiger partial charge in [-0.05, 0) is 37.1 Å². The van der Waals surface area contributed by atoms with Crippen LogP contribution < -0.4 is 15.6 Å². The van der Waals surface area contributed by atoms with Crippen LogP contribution >= 0.6 is 11.6 Å². The highest BCUT2D eigenvalue weighted by atomic mass is 35.5. The minimum atomic E-state index is -0.472. The predicted molar refractivity (Wildman–Crippen MR) is 113 cm³/mol. The number of carbonyl (C=O) groups excluding carboxylic acids is 3. The van der Waals surface area contributed by atoms with Crippen LogP contribution in [0.2, 0.25) is 5.02 Å².